The second-order valence-electron chi connectivity index (χ2n) is 10.8. The van der Waals surface area contributed by atoms with E-state index in [2.05, 4.69) is 16.0 Å². The standard InChI is InChI=1S/C31H42N6O6S/c1-20(35-29(41)24(32)17-22-9-11-23(38)12-10-22)28(40)34-19-27(39)36(2)26(18-21-7-5-4-6-8-21)31(43)37-15-14-33-30(42)25(37)13-16-44-3/h4-12,20,24-26,38H,13-19,32H2,1-3H3,(H,33,42)(H,34,40)(H,35,41)/t20-,24+,25-,26+/m1/s1. The first-order valence-corrected chi connectivity index (χ1v) is 15.9. The molecule has 13 heteroatoms. The summed E-state index contributed by atoms with van der Waals surface area (Å²) in [6.07, 6.45) is 2.86. The quantitative estimate of drug-likeness (QED) is 0.195. The molecule has 1 aliphatic rings. The summed E-state index contributed by atoms with van der Waals surface area (Å²) in [6, 6.07) is 12.2. The van der Waals surface area contributed by atoms with Crippen LogP contribution < -0.4 is 21.7 Å². The van der Waals surface area contributed by atoms with Gasteiger partial charge in [-0.3, -0.25) is 24.0 Å². The number of likely N-dealkylation sites (N-methyl/N-ethyl adjacent to an activating group) is 1. The lowest BCUT2D eigenvalue weighted by molar-refractivity contribution is -0.150. The van der Waals surface area contributed by atoms with E-state index in [4.69, 9.17) is 5.73 Å². The Hall–Kier alpha value is -4.10. The molecule has 1 aliphatic heterocycles. The maximum atomic E-state index is 13.9. The second-order valence-corrected chi connectivity index (χ2v) is 11.7. The fourth-order valence-electron chi connectivity index (χ4n) is 4.89. The maximum Gasteiger partial charge on any atom is 0.246 e. The third kappa shape index (κ3) is 9.71. The third-order valence-corrected chi connectivity index (χ3v) is 8.17. The zero-order valence-corrected chi connectivity index (χ0v) is 26.1. The molecule has 4 atom stereocenters. The molecule has 0 saturated carbocycles. The van der Waals surface area contributed by atoms with Gasteiger partial charge in [0.05, 0.1) is 12.6 Å². The van der Waals surface area contributed by atoms with Crippen molar-refractivity contribution >= 4 is 41.3 Å². The van der Waals surface area contributed by atoms with E-state index in [1.165, 1.54) is 31.0 Å². The summed E-state index contributed by atoms with van der Waals surface area (Å²) in [6.45, 7) is 1.74. The number of aromatic hydroxyl groups is 1. The molecule has 1 heterocycles. The zero-order chi connectivity index (χ0) is 32.2. The second kappa shape index (κ2) is 16.7. The molecule has 0 aliphatic carbocycles. The van der Waals surface area contributed by atoms with Gasteiger partial charge in [-0.15, -0.1) is 0 Å². The Balaban J connectivity index is 1.63. The van der Waals surface area contributed by atoms with Gasteiger partial charge in [0.15, 0.2) is 0 Å². The fourth-order valence-corrected chi connectivity index (χ4v) is 5.35. The number of nitrogens with two attached hydrogens (primary N) is 1. The lowest BCUT2D eigenvalue weighted by Crippen LogP contribution is -2.62. The van der Waals surface area contributed by atoms with Crippen molar-refractivity contribution in [2.45, 2.75) is 50.4 Å². The van der Waals surface area contributed by atoms with Crippen LogP contribution in [0.15, 0.2) is 54.6 Å². The van der Waals surface area contributed by atoms with Crippen LogP contribution in [0.2, 0.25) is 0 Å². The number of rotatable bonds is 14. The molecule has 12 nitrogen and oxygen atoms in total. The Kier molecular flexibility index (Phi) is 13.0. The summed E-state index contributed by atoms with van der Waals surface area (Å²) in [5.74, 6) is -1.38. The Morgan fingerprint density at radius 2 is 1.73 bits per heavy atom. The van der Waals surface area contributed by atoms with Crippen LogP contribution in [-0.4, -0.2) is 107 Å². The van der Waals surface area contributed by atoms with Crippen LogP contribution in [0.4, 0.5) is 0 Å². The average Bonchev–Trinajstić information content (AvgIpc) is 3.02. The summed E-state index contributed by atoms with van der Waals surface area (Å²) < 4.78 is 0. The number of phenolic OH excluding ortho intramolecular Hbond substituents is 1. The number of benzene rings is 2. The van der Waals surface area contributed by atoms with E-state index in [-0.39, 0.29) is 30.4 Å². The minimum absolute atomic E-state index is 0.0993. The van der Waals surface area contributed by atoms with Crippen molar-refractivity contribution in [1.29, 1.82) is 0 Å². The van der Waals surface area contributed by atoms with Gasteiger partial charge >= 0.3 is 0 Å². The van der Waals surface area contributed by atoms with Gasteiger partial charge < -0.3 is 36.6 Å². The Morgan fingerprint density at radius 3 is 2.39 bits per heavy atom. The summed E-state index contributed by atoms with van der Waals surface area (Å²) in [4.78, 5) is 68.1. The van der Waals surface area contributed by atoms with Gasteiger partial charge in [0.2, 0.25) is 29.5 Å². The van der Waals surface area contributed by atoms with E-state index in [9.17, 15) is 29.1 Å². The lowest BCUT2D eigenvalue weighted by atomic mass is 10.0. The fraction of sp³-hybridized carbons (Fsp3) is 0.452. The number of hydrogen-bond donors (Lipinski definition) is 5. The molecule has 0 spiro atoms. The number of hydrogen-bond acceptors (Lipinski definition) is 8. The molecule has 44 heavy (non-hydrogen) atoms. The summed E-state index contributed by atoms with van der Waals surface area (Å²) in [5, 5.41) is 17.3. The number of nitrogens with zero attached hydrogens (tertiary/aromatic N) is 2. The molecule has 0 unspecified atom stereocenters. The monoisotopic (exact) mass is 626 g/mol. The molecule has 3 rings (SSSR count). The summed E-state index contributed by atoms with van der Waals surface area (Å²) in [5.41, 5.74) is 7.59. The van der Waals surface area contributed by atoms with Crippen molar-refractivity contribution in [3.8, 4) is 5.75 Å². The highest BCUT2D eigenvalue weighted by Gasteiger charge is 2.38. The van der Waals surface area contributed by atoms with Crippen molar-refractivity contribution in [2.24, 2.45) is 5.73 Å². The predicted molar refractivity (Wildman–Crippen MR) is 169 cm³/mol. The highest BCUT2D eigenvalue weighted by atomic mass is 32.2. The minimum Gasteiger partial charge on any atom is -0.508 e. The van der Waals surface area contributed by atoms with E-state index in [1.807, 2.05) is 36.6 Å². The van der Waals surface area contributed by atoms with Crippen molar-refractivity contribution < 1.29 is 29.1 Å². The number of phenols is 1. The molecule has 0 aromatic heterocycles. The Labute approximate surface area is 262 Å². The van der Waals surface area contributed by atoms with Crippen molar-refractivity contribution in [2.75, 3.05) is 38.7 Å². The first-order valence-electron chi connectivity index (χ1n) is 14.5. The van der Waals surface area contributed by atoms with Crippen molar-refractivity contribution in [3.63, 3.8) is 0 Å². The van der Waals surface area contributed by atoms with E-state index in [1.54, 1.807) is 28.8 Å². The first kappa shape index (κ1) is 34.4. The van der Waals surface area contributed by atoms with Crippen LogP contribution in [-0.2, 0) is 36.8 Å². The summed E-state index contributed by atoms with van der Waals surface area (Å²) in [7, 11) is 1.51. The number of nitrogens with one attached hydrogen (secondary N) is 3. The minimum atomic E-state index is -0.975. The highest BCUT2D eigenvalue weighted by molar-refractivity contribution is 7.98. The molecule has 2 aromatic carbocycles. The largest absolute Gasteiger partial charge is 0.508 e. The van der Waals surface area contributed by atoms with Crippen molar-refractivity contribution in [3.05, 3.63) is 65.7 Å². The lowest BCUT2D eigenvalue weighted by Gasteiger charge is -2.39. The van der Waals surface area contributed by atoms with Gasteiger partial charge in [-0.1, -0.05) is 42.5 Å². The van der Waals surface area contributed by atoms with Crippen LogP contribution in [0.5, 0.6) is 5.75 Å². The molecule has 6 N–H and O–H groups in total. The van der Waals surface area contributed by atoms with Crippen LogP contribution >= 0.6 is 11.8 Å². The summed E-state index contributed by atoms with van der Waals surface area (Å²) >= 11 is 1.59. The number of thioether (sulfide) groups is 1. The van der Waals surface area contributed by atoms with E-state index >= 15 is 0 Å². The van der Waals surface area contributed by atoms with E-state index in [0.717, 1.165) is 11.1 Å². The van der Waals surface area contributed by atoms with Gasteiger partial charge in [0.1, 0.15) is 23.9 Å². The zero-order valence-electron chi connectivity index (χ0n) is 25.3. The molecular formula is C31H42N6O6S. The Morgan fingerprint density at radius 1 is 1.07 bits per heavy atom. The number of carbonyl (C=O) groups excluding carboxylic acids is 5. The van der Waals surface area contributed by atoms with E-state index in [0.29, 0.717) is 25.3 Å². The molecule has 5 amide bonds. The van der Waals surface area contributed by atoms with Gasteiger partial charge in [0, 0.05) is 26.6 Å². The normalized spacial score (nSPS) is 16.7. The third-order valence-electron chi connectivity index (χ3n) is 7.52. The molecule has 238 valence electrons. The van der Waals surface area contributed by atoms with Gasteiger partial charge in [-0.25, -0.2) is 0 Å². The van der Waals surface area contributed by atoms with Crippen LogP contribution in [0.1, 0.15) is 24.5 Å². The van der Waals surface area contributed by atoms with Gasteiger partial charge in [-0.05, 0) is 55.0 Å². The van der Waals surface area contributed by atoms with Gasteiger partial charge in [0.25, 0.3) is 0 Å². The average molecular weight is 627 g/mol. The predicted octanol–water partition coefficient (Wildman–Crippen LogP) is 0.0327. The topological polar surface area (TPSA) is 174 Å². The number of amides is 5. The SMILES string of the molecule is CSCC[C@@H]1C(=O)NCCN1C(=O)[C@H](Cc1ccccc1)N(C)C(=O)CNC(=O)[C@@H](C)NC(=O)[C@@H](N)Cc1ccc(O)cc1. The Bertz CT molecular complexity index is 1290. The number of piperazine rings is 1. The smallest absolute Gasteiger partial charge is 0.246 e. The molecule has 1 fully saturated rings. The molecule has 1 saturated heterocycles. The molecule has 2 aromatic rings. The molecule has 0 radical (unpaired) electrons. The van der Waals surface area contributed by atoms with Crippen LogP contribution in [0.3, 0.4) is 0 Å². The van der Waals surface area contributed by atoms with E-state index < -0.39 is 48.4 Å². The highest BCUT2D eigenvalue weighted by Crippen LogP contribution is 2.18. The number of carbonyl (C=O) groups is 5. The first-order chi connectivity index (χ1) is 21.0. The maximum absolute atomic E-state index is 13.9. The van der Waals surface area contributed by atoms with Crippen molar-refractivity contribution in [1.82, 2.24) is 25.8 Å². The van der Waals surface area contributed by atoms with Gasteiger partial charge in [-0.2, -0.15) is 11.8 Å². The molecule has 0 bridgehead atoms. The van der Waals surface area contributed by atoms with Crippen LogP contribution in [0, 0.1) is 0 Å². The molecular weight excluding hydrogens is 584 g/mol. The van der Waals surface area contributed by atoms with Crippen LogP contribution in [0.25, 0.3) is 0 Å².